The summed E-state index contributed by atoms with van der Waals surface area (Å²) in [7, 11) is 0. The van der Waals surface area contributed by atoms with E-state index >= 15 is 0 Å². The van der Waals surface area contributed by atoms with Crippen LogP contribution in [0, 0.1) is 6.92 Å². The predicted molar refractivity (Wildman–Crippen MR) is 88.8 cm³/mol. The molecule has 9 nitrogen and oxygen atoms in total. The molecule has 3 aromatic rings. The van der Waals surface area contributed by atoms with E-state index in [1.54, 1.807) is 19.3 Å². The molecule has 1 aliphatic rings. The van der Waals surface area contributed by atoms with Gasteiger partial charge in [-0.05, 0) is 31.9 Å². The Balaban J connectivity index is 1.36. The largest absolute Gasteiger partial charge is 0.342 e. The molecule has 0 unspecified atom stereocenters. The smallest absolute Gasteiger partial charge is 0.258 e. The number of amides is 1. The molecule has 0 aliphatic carbocycles. The van der Waals surface area contributed by atoms with Gasteiger partial charge in [0.15, 0.2) is 5.82 Å². The second-order valence-electron chi connectivity index (χ2n) is 6.32. The Bertz CT molecular complexity index is 883. The number of hydrogen-bond donors (Lipinski definition) is 0. The lowest BCUT2D eigenvalue weighted by Crippen LogP contribution is -2.39. The minimum absolute atomic E-state index is 0.0350. The molecule has 0 spiro atoms. The van der Waals surface area contributed by atoms with Gasteiger partial charge in [-0.15, -0.1) is 0 Å². The predicted octanol–water partition coefficient (Wildman–Crippen LogP) is 1.77. The van der Waals surface area contributed by atoms with E-state index in [1.807, 2.05) is 17.0 Å². The second-order valence-corrected chi connectivity index (χ2v) is 6.32. The zero-order valence-electron chi connectivity index (χ0n) is 14.3. The Morgan fingerprint density at radius 3 is 2.65 bits per heavy atom. The normalized spacial score (nSPS) is 15.3. The molecular formula is C17H18N6O3. The van der Waals surface area contributed by atoms with Gasteiger partial charge in [0.05, 0.1) is 6.42 Å². The van der Waals surface area contributed by atoms with Crippen molar-refractivity contribution in [2.45, 2.75) is 32.1 Å². The van der Waals surface area contributed by atoms with Crippen LogP contribution in [0.3, 0.4) is 0 Å². The van der Waals surface area contributed by atoms with Crippen LogP contribution in [0.2, 0.25) is 0 Å². The second kappa shape index (κ2) is 7.03. The van der Waals surface area contributed by atoms with E-state index in [2.05, 4.69) is 30.1 Å². The highest BCUT2D eigenvalue weighted by Gasteiger charge is 2.28. The molecule has 26 heavy (non-hydrogen) atoms. The van der Waals surface area contributed by atoms with Crippen molar-refractivity contribution in [1.82, 2.24) is 30.3 Å². The van der Waals surface area contributed by atoms with Crippen molar-refractivity contribution in [3.63, 3.8) is 0 Å². The molecule has 1 saturated heterocycles. The van der Waals surface area contributed by atoms with E-state index in [9.17, 15) is 4.79 Å². The summed E-state index contributed by atoms with van der Waals surface area (Å²) in [6.45, 7) is 3.10. The summed E-state index contributed by atoms with van der Waals surface area (Å²) in [5, 5.41) is 11.6. The monoisotopic (exact) mass is 354 g/mol. The maximum atomic E-state index is 12.4. The minimum Gasteiger partial charge on any atom is -0.342 e. The summed E-state index contributed by atoms with van der Waals surface area (Å²) < 4.78 is 10.0. The summed E-state index contributed by atoms with van der Waals surface area (Å²) in [4.78, 5) is 22.7. The molecule has 9 heteroatoms. The third-order valence-corrected chi connectivity index (χ3v) is 4.65. The number of aromatic nitrogens is 5. The number of piperidine rings is 1. The molecule has 0 radical (unpaired) electrons. The molecule has 1 amide bonds. The number of aryl methyl sites for hydroxylation is 1. The first-order valence-corrected chi connectivity index (χ1v) is 8.50. The maximum absolute atomic E-state index is 12.4. The standard InChI is InChI=1S/C17H18N6O3/c1-11-14(21-26-20-11)10-15(24)23-8-4-12(5-9-23)16-19-17(25-22-16)13-2-6-18-7-3-13/h2-3,6-7,12H,4-5,8-10H2,1H3. The quantitative estimate of drug-likeness (QED) is 0.697. The van der Waals surface area contributed by atoms with Crippen LogP contribution >= 0.6 is 0 Å². The third-order valence-electron chi connectivity index (χ3n) is 4.65. The van der Waals surface area contributed by atoms with Crippen molar-refractivity contribution in [2.75, 3.05) is 13.1 Å². The highest BCUT2D eigenvalue weighted by molar-refractivity contribution is 5.78. The van der Waals surface area contributed by atoms with Gasteiger partial charge in [-0.3, -0.25) is 9.78 Å². The van der Waals surface area contributed by atoms with Crippen molar-refractivity contribution in [1.29, 1.82) is 0 Å². The fraction of sp³-hybridized carbons (Fsp3) is 0.412. The number of rotatable bonds is 4. The molecule has 0 N–H and O–H groups in total. The van der Waals surface area contributed by atoms with Crippen molar-refractivity contribution in [3.05, 3.63) is 41.7 Å². The molecule has 1 fully saturated rings. The lowest BCUT2D eigenvalue weighted by atomic mass is 9.96. The first-order valence-electron chi connectivity index (χ1n) is 8.50. The van der Waals surface area contributed by atoms with Crippen LogP contribution in [0.15, 0.2) is 33.7 Å². The van der Waals surface area contributed by atoms with Gasteiger partial charge in [-0.2, -0.15) is 4.98 Å². The number of likely N-dealkylation sites (tertiary alicyclic amines) is 1. The molecule has 0 atom stereocenters. The van der Waals surface area contributed by atoms with Gasteiger partial charge in [0.1, 0.15) is 11.4 Å². The van der Waals surface area contributed by atoms with E-state index < -0.39 is 0 Å². The maximum Gasteiger partial charge on any atom is 0.258 e. The number of nitrogens with zero attached hydrogens (tertiary/aromatic N) is 6. The SMILES string of the molecule is Cc1nonc1CC(=O)N1CCC(c2noc(-c3ccncc3)n2)CC1. The lowest BCUT2D eigenvalue weighted by molar-refractivity contribution is -0.131. The van der Waals surface area contributed by atoms with Crippen molar-refractivity contribution in [3.8, 4) is 11.5 Å². The van der Waals surface area contributed by atoms with Crippen LogP contribution in [0.5, 0.6) is 0 Å². The van der Waals surface area contributed by atoms with Crippen LogP contribution in [-0.2, 0) is 11.2 Å². The molecule has 0 bridgehead atoms. The van der Waals surface area contributed by atoms with Crippen molar-refractivity contribution >= 4 is 5.91 Å². The fourth-order valence-corrected chi connectivity index (χ4v) is 3.06. The Kier molecular flexibility index (Phi) is 4.42. The number of pyridine rings is 1. The van der Waals surface area contributed by atoms with E-state index in [0.717, 1.165) is 18.4 Å². The van der Waals surface area contributed by atoms with Crippen LogP contribution in [0.4, 0.5) is 0 Å². The Labute approximate surface area is 149 Å². The van der Waals surface area contributed by atoms with Gasteiger partial charge >= 0.3 is 0 Å². The van der Waals surface area contributed by atoms with Crippen LogP contribution in [-0.4, -0.2) is 49.3 Å². The average Bonchev–Trinajstić information content (AvgIpc) is 3.32. The fourth-order valence-electron chi connectivity index (χ4n) is 3.06. The summed E-state index contributed by atoms with van der Waals surface area (Å²) in [5.74, 6) is 1.41. The van der Waals surface area contributed by atoms with E-state index in [1.165, 1.54) is 0 Å². The summed E-state index contributed by atoms with van der Waals surface area (Å²) in [6.07, 6.45) is 5.20. The zero-order valence-corrected chi connectivity index (χ0v) is 14.3. The first kappa shape index (κ1) is 16.4. The van der Waals surface area contributed by atoms with Crippen molar-refractivity contribution in [2.24, 2.45) is 0 Å². The molecule has 4 rings (SSSR count). The van der Waals surface area contributed by atoms with E-state index in [0.29, 0.717) is 36.2 Å². The highest BCUT2D eigenvalue weighted by Crippen LogP contribution is 2.28. The molecule has 0 saturated carbocycles. The number of carbonyl (C=O) groups is 1. The topological polar surface area (TPSA) is 111 Å². The molecule has 3 aromatic heterocycles. The van der Waals surface area contributed by atoms with Crippen LogP contribution in [0.25, 0.3) is 11.5 Å². The summed E-state index contributed by atoms with van der Waals surface area (Å²) >= 11 is 0. The Hall–Kier alpha value is -3.10. The molecule has 1 aliphatic heterocycles. The van der Waals surface area contributed by atoms with Gasteiger partial charge in [-0.1, -0.05) is 15.5 Å². The molecular weight excluding hydrogens is 336 g/mol. The molecule has 134 valence electrons. The van der Waals surface area contributed by atoms with Crippen LogP contribution in [0.1, 0.15) is 36.0 Å². The number of hydrogen-bond acceptors (Lipinski definition) is 8. The summed E-state index contributed by atoms with van der Waals surface area (Å²) in [5.41, 5.74) is 2.10. The molecule has 4 heterocycles. The third kappa shape index (κ3) is 3.32. The van der Waals surface area contributed by atoms with Gasteiger partial charge in [0.25, 0.3) is 5.89 Å². The Morgan fingerprint density at radius 2 is 1.96 bits per heavy atom. The lowest BCUT2D eigenvalue weighted by Gasteiger charge is -2.30. The number of carbonyl (C=O) groups excluding carboxylic acids is 1. The first-order chi connectivity index (χ1) is 12.7. The van der Waals surface area contributed by atoms with Gasteiger partial charge in [0.2, 0.25) is 5.91 Å². The van der Waals surface area contributed by atoms with E-state index in [4.69, 9.17) is 4.52 Å². The van der Waals surface area contributed by atoms with Gasteiger partial charge < -0.3 is 9.42 Å². The van der Waals surface area contributed by atoms with Gasteiger partial charge in [-0.25, -0.2) is 4.63 Å². The summed E-state index contributed by atoms with van der Waals surface area (Å²) in [6, 6.07) is 3.67. The molecule has 0 aromatic carbocycles. The van der Waals surface area contributed by atoms with Crippen LogP contribution < -0.4 is 0 Å². The Morgan fingerprint density at radius 1 is 1.19 bits per heavy atom. The van der Waals surface area contributed by atoms with Crippen molar-refractivity contribution < 1.29 is 13.9 Å². The van der Waals surface area contributed by atoms with E-state index in [-0.39, 0.29) is 18.2 Å². The zero-order chi connectivity index (χ0) is 17.9. The van der Waals surface area contributed by atoms with Gasteiger partial charge in [0, 0.05) is 37.0 Å². The highest BCUT2D eigenvalue weighted by atomic mass is 16.6. The minimum atomic E-state index is 0.0350. The average molecular weight is 354 g/mol.